The largest absolute Gasteiger partial charge is 0.497 e. The average molecular weight is 335 g/mol. The Morgan fingerprint density at radius 3 is 2.80 bits per heavy atom. The molecule has 1 N–H and O–H groups in total. The lowest BCUT2D eigenvalue weighted by molar-refractivity contribution is 0.242. The summed E-state index contributed by atoms with van der Waals surface area (Å²) in [5.74, 6) is 1.60. The predicted molar refractivity (Wildman–Crippen MR) is 97.7 cm³/mol. The summed E-state index contributed by atoms with van der Waals surface area (Å²) < 4.78 is 5.25. The van der Waals surface area contributed by atoms with Crippen LogP contribution in [0.4, 0.5) is 0 Å². The number of hydrogen-bond donors (Lipinski definition) is 1. The number of aromatic nitrogens is 2. The number of methoxy groups -OCH3 is 1. The van der Waals surface area contributed by atoms with E-state index >= 15 is 0 Å². The van der Waals surface area contributed by atoms with E-state index in [-0.39, 0.29) is 5.56 Å². The Morgan fingerprint density at radius 1 is 1.20 bits per heavy atom. The lowest BCUT2D eigenvalue weighted by atomic mass is 10.0. The first-order valence-electron chi connectivity index (χ1n) is 8.60. The molecule has 2 aromatic carbocycles. The monoisotopic (exact) mass is 335 g/mol. The first-order valence-corrected chi connectivity index (χ1v) is 8.60. The lowest BCUT2D eigenvalue weighted by Gasteiger charge is -2.24. The Hall–Kier alpha value is -2.66. The molecule has 2 heterocycles. The quantitative estimate of drug-likeness (QED) is 0.795. The molecule has 4 rings (SSSR count). The number of nitrogens with one attached hydrogen (secondary N) is 1. The molecule has 1 atom stereocenters. The van der Waals surface area contributed by atoms with Gasteiger partial charge in [0, 0.05) is 6.04 Å². The van der Waals surface area contributed by atoms with Gasteiger partial charge in [-0.05, 0) is 49.2 Å². The van der Waals surface area contributed by atoms with Crippen LogP contribution in [0.25, 0.3) is 10.9 Å². The van der Waals surface area contributed by atoms with Gasteiger partial charge in [0.05, 0.1) is 24.6 Å². The fourth-order valence-electron chi connectivity index (χ4n) is 3.62. The molecule has 0 spiro atoms. The number of para-hydroxylation sites is 1. The molecule has 128 valence electrons. The third kappa shape index (κ3) is 3.15. The smallest absolute Gasteiger partial charge is 0.258 e. The average Bonchev–Trinajstić information content (AvgIpc) is 3.10. The minimum absolute atomic E-state index is 0.0687. The van der Waals surface area contributed by atoms with Gasteiger partial charge in [0.2, 0.25) is 0 Å². The van der Waals surface area contributed by atoms with Crippen LogP contribution < -0.4 is 10.3 Å². The SMILES string of the molecule is COc1ccc([C@H]2CCCN2Cc2nc3ccccc3c(=O)[nH]2)cc1. The number of ether oxygens (including phenoxy) is 1. The molecule has 25 heavy (non-hydrogen) atoms. The van der Waals surface area contributed by atoms with Gasteiger partial charge in [0.1, 0.15) is 11.6 Å². The summed E-state index contributed by atoms with van der Waals surface area (Å²) in [5, 5.41) is 0.638. The number of rotatable bonds is 4. The van der Waals surface area contributed by atoms with Crippen molar-refractivity contribution in [2.75, 3.05) is 13.7 Å². The highest BCUT2D eigenvalue weighted by atomic mass is 16.5. The summed E-state index contributed by atoms with van der Waals surface area (Å²) in [6.07, 6.45) is 2.26. The van der Waals surface area contributed by atoms with E-state index in [1.165, 1.54) is 5.56 Å². The fourth-order valence-corrected chi connectivity index (χ4v) is 3.62. The second-order valence-corrected chi connectivity index (χ2v) is 6.43. The third-order valence-electron chi connectivity index (χ3n) is 4.88. The molecule has 0 aliphatic carbocycles. The molecule has 1 fully saturated rings. The molecular formula is C20H21N3O2. The van der Waals surface area contributed by atoms with Crippen molar-refractivity contribution < 1.29 is 4.74 Å². The van der Waals surface area contributed by atoms with Crippen molar-refractivity contribution in [3.8, 4) is 5.75 Å². The van der Waals surface area contributed by atoms with Gasteiger partial charge in [0.25, 0.3) is 5.56 Å². The molecule has 5 nitrogen and oxygen atoms in total. The molecule has 3 aromatic rings. The van der Waals surface area contributed by atoms with Crippen LogP contribution in [0.1, 0.15) is 30.3 Å². The van der Waals surface area contributed by atoms with Crippen LogP contribution in [-0.2, 0) is 6.54 Å². The number of nitrogens with zero attached hydrogens (tertiary/aromatic N) is 2. The molecule has 5 heteroatoms. The van der Waals surface area contributed by atoms with E-state index < -0.39 is 0 Å². The van der Waals surface area contributed by atoms with Gasteiger partial charge in [-0.2, -0.15) is 0 Å². The number of hydrogen-bond acceptors (Lipinski definition) is 4. The third-order valence-corrected chi connectivity index (χ3v) is 4.88. The lowest BCUT2D eigenvalue weighted by Crippen LogP contribution is -2.25. The highest BCUT2D eigenvalue weighted by Gasteiger charge is 2.26. The van der Waals surface area contributed by atoms with Crippen molar-refractivity contribution in [3.63, 3.8) is 0 Å². The van der Waals surface area contributed by atoms with Gasteiger partial charge in [-0.1, -0.05) is 24.3 Å². The number of H-pyrrole nitrogens is 1. The highest BCUT2D eigenvalue weighted by molar-refractivity contribution is 5.77. The summed E-state index contributed by atoms with van der Waals surface area (Å²) in [4.78, 5) is 22.2. The Morgan fingerprint density at radius 2 is 2.00 bits per heavy atom. The van der Waals surface area contributed by atoms with Crippen molar-refractivity contribution >= 4 is 10.9 Å². The second kappa shape index (κ2) is 6.69. The highest BCUT2D eigenvalue weighted by Crippen LogP contribution is 2.33. The van der Waals surface area contributed by atoms with Crippen molar-refractivity contribution in [2.45, 2.75) is 25.4 Å². The molecule has 0 unspecified atom stereocenters. The van der Waals surface area contributed by atoms with Gasteiger partial charge in [-0.15, -0.1) is 0 Å². The maximum Gasteiger partial charge on any atom is 0.258 e. The maximum absolute atomic E-state index is 12.3. The van der Waals surface area contributed by atoms with E-state index in [2.05, 4.69) is 27.0 Å². The molecule has 1 aliphatic rings. The molecule has 0 bridgehead atoms. The zero-order valence-corrected chi connectivity index (χ0v) is 14.2. The molecule has 0 amide bonds. The van der Waals surface area contributed by atoms with Crippen LogP contribution in [0.2, 0.25) is 0 Å². The van der Waals surface area contributed by atoms with Crippen LogP contribution in [0, 0.1) is 0 Å². The molecule has 0 saturated carbocycles. The number of aromatic amines is 1. The first-order chi connectivity index (χ1) is 12.2. The zero-order valence-electron chi connectivity index (χ0n) is 14.2. The van der Waals surface area contributed by atoms with Crippen molar-refractivity contribution in [1.82, 2.24) is 14.9 Å². The van der Waals surface area contributed by atoms with E-state index in [9.17, 15) is 4.79 Å². The van der Waals surface area contributed by atoms with Crippen molar-refractivity contribution in [1.29, 1.82) is 0 Å². The van der Waals surface area contributed by atoms with Crippen molar-refractivity contribution in [3.05, 3.63) is 70.3 Å². The maximum atomic E-state index is 12.3. The van der Waals surface area contributed by atoms with E-state index in [1.807, 2.05) is 30.3 Å². The zero-order chi connectivity index (χ0) is 17.2. The van der Waals surface area contributed by atoms with Gasteiger partial charge in [-0.3, -0.25) is 9.69 Å². The van der Waals surface area contributed by atoms with Crippen LogP contribution in [0.15, 0.2) is 53.3 Å². The Balaban J connectivity index is 1.59. The summed E-state index contributed by atoms with van der Waals surface area (Å²) in [6, 6.07) is 16.1. The fraction of sp³-hybridized carbons (Fsp3) is 0.300. The minimum Gasteiger partial charge on any atom is -0.497 e. The van der Waals surface area contributed by atoms with Crippen LogP contribution in [-0.4, -0.2) is 28.5 Å². The standard InChI is InChI=1S/C20H21N3O2/c1-25-15-10-8-14(9-11-15)18-7-4-12-23(18)13-19-21-17-6-3-2-5-16(17)20(24)22-19/h2-3,5-6,8-11,18H,4,7,12-13H2,1H3,(H,21,22,24)/t18-/m1/s1. The minimum atomic E-state index is -0.0687. The van der Waals surface area contributed by atoms with Crippen LogP contribution in [0.3, 0.4) is 0 Å². The summed E-state index contributed by atoms with van der Waals surface area (Å²) in [5.41, 5.74) is 1.96. The Bertz CT molecular complexity index is 934. The normalized spacial score (nSPS) is 17.9. The van der Waals surface area contributed by atoms with E-state index in [0.717, 1.165) is 36.5 Å². The molecule has 1 aromatic heterocycles. The topological polar surface area (TPSA) is 58.2 Å². The van der Waals surface area contributed by atoms with E-state index in [4.69, 9.17) is 4.74 Å². The second-order valence-electron chi connectivity index (χ2n) is 6.43. The van der Waals surface area contributed by atoms with E-state index in [0.29, 0.717) is 18.0 Å². The number of benzene rings is 2. The molecule has 1 aliphatic heterocycles. The molecule has 1 saturated heterocycles. The predicted octanol–water partition coefficient (Wildman–Crippen LogP) is 3.27. The first kappa shape index (κ1) is 15.8. The Labute approximate surface area is 146 Å². The van der Waals surface area contributed by atoms with Gasteiger partial charge >= 0.3 is 0 Å². The molecule has 0 radical (unpaired) electrons. The number of likely N-dealkylation sites (tertiary alicyclic amines) is 1. The molecular weight excluding hydrogens is 314 g/mol. The van der Waals surface area contributed by atoms with Crippen LogP contribution >= 0.6 is 0 Å². The summed E-state index contributed by atoms with van der Waals surface area (Å²) in [6.45, 7) is 1.66. The van der Waals surface area contributed by atoms with Crippen molar-refractivity contribution in [2.24, 2.45) is 0 Å². The summed E-state index contributed by atoms with van der Waals surface area (Å²) in [7, 11) is 1.68. The van der Waals surface area contributed by atoms with Gasteiger partial charge in [0.15, 0.2) is 0 Å². The van der Waals surface area contributed by atoms with Gasteiger partial charge < -0.3 is 9.72 Å². The summed E-state index contributed by atoms with van der Waals surface area (Å²) >= 11 is 0. The van der Waals surface area contributed by atoms with E-state index in [1.54, 1.807) is 13.2 Å². The number of fused-ring (bicyclic) bond motifs is 1. The van der Waals surface area contributed by atoms with Crippen LogP contribution in [0.5, 0.6) is 5.75 Å². The van der Waals surface area contributed by atoms with Gasteiger partial charge in [-0.25, -0.2) is 4.98 Å². The Kier molecular flexibility index (Phi) is 4.24.